The number of nitrogens with one attached hydrogen (secondary N) is 1. The monoisotopic (exact) mass is 426 g/mol. The Bertz CT molecular complexity index is 805. The van der Waals surface area contributed by atoms with Gasteiger partial charge < -0.3 is 24.1 Å². The normalized spacial score (nSPS) is 11.6. The molecule has 0 radical (unpaired) electrons. The molecule has 1 aromatic carbocycles. The van der Waals surface area contributed by atoms with Crippen molar-refractivity contribution in [3.8, 4) is 11.5 Å². The van der Waals surface area contributed by atoms with Crippen LogP contribution in [0.15, 0.2) is 27.2 Å². The second kappa shape index (κ2) is 8.70. The quantitative estimate of drug-likeness (QED) is 0.679. The van der Waals surface area contributed by atoms with Gasteiger partial charge >= 0.3 is 5.97 Å². The third kappa shape index (κ3) is 4.98. The number of halogens is 1. The van der Waals surface area contributed by atoms with Crippen molar-refractivity contribution in [1.29, 1.82) is 0 Å². The van der Waals surface area contributed by atoms with Gasteiger partial charge in [0.05, 0.1) is 20.6 Å². The summed E-state index contributed by atoms with van der Waals surface area (Å²) in [5.74, 6) is 0.786. The van der Waals surface area contributed by atoms with Gasteiger partial charge in [-0.25, -0.2) is 0 Å². The van der Waals surface area contributed by atoms with E-state index in [0.29, 0.717) is 27.3 Å². The zero-order valence-electron chi connectivity index (χ0n) is 14.8. The first-order valence-electron chi connectivity index (χ1n) is 7.68. The molecule has 2 rings (SSSR count). The number of nitrogens with zero attached hydrogens (tertiary/aromatic N) is 1. The van der Waals surface area contributed by atoms with Crippen molar-refractivity contribution in [2.24, 2.45) is 0 Å². The van der Waals surface area contributed by atoms with Crippen LogP contribution in [0.25, 0.3) is 0 Å². The SMILES string of the molecule is COc1cc(Br)c(CC(=O)O[C@@H](C)C(=O)Nc2cc(C)on2)cc1OC. The van der Waals surface area contributed by atoms with Crippen molar-refractivity contribution in [2.75, 3.05) is 19.5 Å². The molecule has 1 heterocycles. The van der Waals surface area contributed by atoms with Gasteiger partial charge in [0.2, 0.25) is 0 Å². The van der Waals surface area contributed by atoms with Crippen molar-refractivity contribution < 1.29 is 28.3 Å². The van der Waals surface area contributed by atoms with Crippen molar-refractivity contribution in [2.45, 2.75) is 26.4 Å². The lowest BCUT2D eigenvalue weighted by Crippen LogP contribution is -2.30. The Morgan fingerprint density at radius 3 is 2.46 bits per heavy atom. The van der Waals surface area contributed by atoms with E-state index in [1.807, 2.05) is 0 Å². The molecule has 0 bridgehead atoms. The van der Waals surface area contributed by atoms with Crippen molar-refractivity contribution >= 4 is 33.6 Å². The molecule has 0 unspecified atom stereocenters. The van der Waals surface area contributed by atoms with Gasteiger partial charge in [0, 0.05) is 10.5 Å². The highest BCUT2D eigenvalue weighted by molar-refractivity contribution is 9.10. The fourth-order valence-electron chi connectivity index (χ4n) is 2.13. The van der Waals surface area contributed by atoms with Crippen molar-refractivity contribution in [3.05, 3.63) is 34.0 Å². The average Bonchev–Trinajstić information content (AvgIpc) is 3.00. The number of carbonyl (C=O) groups is 2. The minimum atomic E-state index is -0.988. The lowest BCUT2D eigenvalue weighted by molar-refractivity contribution is -0.152. The summed E-state index contributed by atoms with van der Waals surface area (Å²) in [6.07, 6.45) is -1.03. The number of ether oxygens (including phenoxy) is 3. The van der Waals surface area contributed by atoms with Crippen LogP contribution < -0.4 is 14.8 Å². The van der Waals surface area contributed by atoms with E-state index < -0.39 is 18.0 Å². The number of amides is 1. The van der Waals surface area contributed by atoms with E-state index >= 15 is 0 Å². The summed E-state index contributed by atoms with van der Waals surface area (Å²) >= 11 is 3.38. The highest BCUT2D eigenvalue weighted by Crippen LogP contribution is 2.33. The fourth-order valence-corrected chi connectivity index (χ4v) is 2.60. The molecule has 0 spiro atoms. The summed E-state index contributed by atoms with van der Waals surface area (Å²) in [6.45, 7) is 3.18. The van der Waals surface area contributed by atoms with E-state index in [1.165, 1.54) is 21.1 Å². The molecule has 1 atom stereocenters. The van der Waals surface area contributed by atoms with Crippen LogP contribution in [0.3, 0.4) is 0 Å². The summed E-state index contributed by atoms with van der Waals surface area (Å²) in [7, 11) is 3.03. The summed E-state index contributed by atoms with van der Waals surface area (Å²) in [4.78, 5) is 24.2. The third-order valence-corrected chi connectivity index (χ3v) is 4.18. The standard InChI is InChI=1S/C17H19BrN2O6/c1-9-5-15(20-26-9)19-17(22)10(2)25-16(21)7-11-6-13(23-3)14(24-4)8-12(11)18/h5-6,8,10H,7H2,1-4H3,(H,19,20,22)/t10-/m0/s1. The molecular weight excluding hydrogens is 408 g/mol. The molecule has 0 saturated carbocycles. The number of esters is 1. The van der Waals surface area contributed by atoms with Gasteiger partial charge in [-0.15, -0.1) is 0 Å². The summed E-state index contributed by atoms with van der Waals surface area (Å²) in [5, 5.41) is 6.16. The highest BCUT2D eigenvalue weighted by Gasteiger charge is 2.20. The zero-order valence-corrected chi connectivity index (χ0v) is 16.4. The van der Waals surface area contributed by atoms with Gasteiger partial charge in [0.1, 0.15) is 5.76 Å². The first kappa shape index (κ1) is 19.8. The van der Waals surface area contributed by atoms with E-state index in [4.69, 9.17) is 18.7 Å². The number of hydrogen-bond donors (Lipinski definition) is 1. The summed E-state index contributed by atoms with van der Waals surface area (Å²) < 4.78 is 21.1. The van der Waals surface area contributed by atoms with Gasteiger partial charge in [0.15, 0.2) is 23.4 Å². The maximum absolute atomic E-state index is 12.2. The summed E-state index contributed by atoms with van der Waals surface area (Å²) in [5.41, 5.74) is 0.646. The number of carbonyl (C=O) groups excluding carboxylic acids is 2. The molecule has 26 heavy (non-hydrogen) atoms. The van der Waals surface area contributed by atoms with Crippen LogP contribution in [0, 0.1) is 6.92 Å². The number of anilines is 1. The van der Waals surface area contributed by atoms with E-state index in [1.54, 1.807) is 25.1 Å². The van der Waals surface area contributed by atoms with E-state index in [0.717, 1.165) is 0 Å². The number of benzene rings is 1. The number of aryl methyl sites for hydroxylation is 1. The molecule has 0 saturated heterocycles. The Kier molecular flexibility index (Phi) is 6.62. The van der Waals surface area contributed by atoms with Gasteiger partial charge in [0.25, 0.3) is 5.91 Å². The van der Waals surface area contributed by atoms with Crippen LogP contribution in [0.5, 0.6) is 11.5 Å². The number of aromatic nitrogens is 1. The largest absolute Gasteiger partial charge is 0.493 e. The highest BCUT2D eigenvalue weighted by atomic mass is 79.9. The van der Waals surface area contributed by atoms with Crippen LogP contribution >= 0.6 is 15.9 Å². The Morgan fingerprint density at radius 2 is 1.88 bits per heavy atom. The smallest absolute Gasteiger partial charge is 0.311 e. The predicted molar refractivity (Wildman–Crippen MR) is 96.4 cm³/mol. The topological polar surface area (TPSA) is 99.9 Å². The van der Waals surface area contributed by atoms with E-state index in [2.05, 4.69) is 26.4 Å². The predicted octanol–water partition coefficient (Wildman–Crippen LogP) is 2.88. The Morgan fingerprint density at radius 1 is 1.23 bits per heavy atom. The first-order chi connectivity index (χ1) is 12.3. The number of rotatable bonds is 7. The second-order valence-corrected chi connectivity index (χ2v) is 6.27. The van der Waals surface area contributed by atoms with Crippen LogP contribution in [-0.4, -0.2) is 37.4 Å². The minimum absolute atomic E-state index is 0.0401. The van der Waals surface area contributed by atoms with E-state index in [9.17, 15) is 9.59 Å². The Labute approximate surface area is 158 Å². The molecule has 9 heteroatoms. The van der Waals surface area contributed by atoms with Crippen LogP contribution in [0.2, 0.25) is 0 Å². The molecule has 8 nitrogen and oxygen atoms in total. The Balaban J connectivity index is 1.98. The second-order valence-electron chi connectivity index (χ2n) is 5.42. The number of hydrogen-bond acceptors (Lipinski definition) is 7. The minimum Gasteiger partial charge on any atom is -0.493 e. The molecule has 2 aromatic rings. The van der Waals surface area contributed by atoms with Gasteiger partial charge in [-0.3, -0.25) is 9.59 Å². The maximum atomic E-state index is 12.2. The first-order valence-corrected chi connectivity index (χ1v) is 8.47. The van der Waals surface area contributed by atoms with Crippen molar-refractivity contribution in [3.63, 3.8) is 0 Å². The van der Waals surface area contributed by atoms with Gasteiger partial charge in [-0.1, -0.05) is 21.1 Å². The lowest BCUT2D eigenvalue weighted by atomic mass is 10.1. The fraction of sp³-hybridized carbons (Fsp3) is 0.353. The molecule has 0 aliphatic heterocycles. The molecule has 1 aromatic heterocycles. The molecule has 140 valence electrons. The number of methoxy groups -OCH3 is 2. The third-order valence-electron chi connectivity index (χ3n) is 3.44. The molecular formula is C17H19BrN2O6. The van der Waals surface area contributed by atoms with Crippen LogP contribution in [-0.2, 0) is 20.7 Å². The average molecular weight is 427 g/mol. The van der Waals surface area contributed by atoms with E-state index in [-0.39, 0.29) is 12.2 Å². The lowest BCUT2D eigenvalue weighted by Gasteiger charge is -2.14. The van der Waals surface area contributed by atoms with Gasteiger partial charge in [-0.2, -0.15) is 0 Å². The van der Waals surface area contributed by atoms with Crippen molar-refractivity contribution in [1.82, 2.24) is 5.16 Å². The summed E-state index contributed by atoms with van der Waals surface area (Å²) in [6, 6.07) is 4.94. The molecule has 1 amide bonds. The molecule has 0 aliphatic rings. The Hall–Kier alpha value is -2.55. The van der Waals surface area contributed by atoms with Crippen LogP contribution in [0.4, 0.5) is 5.82 Å². The van der Waals surface area contributed by atoms with Crippen LogP contribution in [0.1, 0.15) is 18.2 Å². The molecule has 0 fully saturated rings. The van der Waals surface area contributed by atoms with Gasteiger partial charge in [-0.05, 0) is 31.5 Å². The maximum Gasteiger partial charge on any atom is 0.311 e. The zero-order chi connectivity index (χ0) is 19.3. The molecule has 0 aliphatic carbocycles. The molecule has 1 N–H and O–H groups in total.